The Morgan fingerprint density at radius 1 is 1.45 bits per heavy atom. The fourth-order valence-electron chi connectivity index (χ4n) is 3.06. The summed E-state index contributed by atoms with van der Waals surface area (Å²) in [5, 5.41) is 6.61. The van der Waals surface area contributed by atoms with Gasteiger partial charge in [-0.2, -0.15) is 0 Å². The van der Waals surface area contributed by atoms with Crippen LogP contribution in [-0.2, 0) is 4.74 Å². The number of rotatable bonds is 5. The van der Waals surface area contributed by atoms with Gasteiger partial charge in [0.15, 0.2) is 5.96 Å². The van der Waals surface area contributed by atoms with Crippen molar-refractivity contribution in [1.82, 2.24) is 10.6 Å². The zero-order valence-electron chi connectivity index (χ0n) is 12.7. The third kappa shape index (κ3) is 3.68. The van der Waals surface area contributed by atoms with Gasteiger partial charge in [-0.05, 0) is 31.4 Å². The summed E-state index contributed by atoms with van der Waals surface area (Å²) in [6.45, 7) is 1.04. The van der Waals surface area contributed by atoms with E-state index in [1.807, 2.05) is 0 Å². The molecule has 5 nitrogen and oxygen atoms in total. The van der Waals surface area contributed by atoms with E-state index < -0.39 is 0 Å². The van der Waals surface area contributed by atoms with Crippen molar-refractivity contribution in [3.8, 4) is 5.75 Å². The van der Waals surface area contributed by atoms with Crippen LogP contribution in [0.4, 0.5) is 4.39 Å². The zero-order valence-corrected chi connectivity index (χ0v) is 12.7. The van der Waals surface area contributed by atoms with Crippen molar-refractivity contribution in [3.05, 3.63) is 30.1 Å². The van der Waals surface area contributed by atoms with Crippen LogP contribution < -0.4 is 15.4 Å². The highest BCUT2D eigenvalue weighted by Crippen LogP contribution is 2.34. The molecule has 22 heavy (non-hydrogen) atoms. The van der Waals surface area contributed by atoms with Gasteiger partial charge in [-0.15, -0.1) is 0 Å². The molecule has 3 unspecified atom stereocenters. The number of nitrogens with one attached hydrogen (secondary N) is 2. The molecule has 0 aromatic heterocycles. The average Bonchev–Trinajstić information content (AvgIpc) is 3.13. The van der Waals surface area contributed by atoms with Crippen molar-refractivity contribution in [3.63, 3.8) is 0 Å². The lowest BCUT2D eigenvalue weighted by molar-refractivity contribution is 0.0992. The molecule has 2 fully saturated rings. The van der Waals surface area contributed by atoms with Crippen LogP contribution in [-0.4, -0.2) is 44.4 Å². The Morgan fingerprint density at radius 2 is 2.36 bits per heavy atom. The van der Waals surface area contributed by atoms with Crippen LogP contribution in [0.25, 0.3) is 0 Å². The number of guanidine groups is 1. The maximum atomic E-state index is 13.0. The van der Waals surface area contributed by atoms with Gasteiger partial charge in [-0.25, -0.2) is 4.39 Å². The Labute approximate surface area is 129 Å². The molecule has 2 bridgehead atoms. The van der Waals surface area contributed by atoms with Crippen LogP contribution in [0.5, 0.6) is 5.75 Å². The van der Waals surface area contributed by atoms with Gasteiger partial charge in [0.25, 0.3) is 0 Å². The number of halogens is 1. The lowest BCUT2D eigenvalue weighted by Gasteiger charge is -2.22. The Kier molecular flexibility index (Phi) is 4.77. The van der Waals surface area contributed by atoms with E-state index in [-0.39, 0.29) is 5.82 Å². The lowest BCUT2D eigenvalue weighted by Crippen LogP contribution is -2.48. The Hall–Kier alpha value is -1.82. The van der Waals surface area contributed by atoms with Gasteiger partial charge < -0.3 is 20.1 Å². The highest BCUT2D eigenvalue weighted by atomic mass is 19.1. The molecule has 0 radical (unpaired) electrons. The summed E-state index contributed by atoms with van der Waals surface area (Å²) >= 11 is 0. The van der Waals surface area contributed by atoms with E-state index in [2.05, 4.69) is 15.6 Å². The predicted molar refractivity (Wildman–Crippen MR) is 82.7 cm³/mol. The standard InChI is InChI=1S/C16H22FN3O2/c1-18-16(20-14-10-13-5-6-15(14)22-13)19-7-8-21-12-4-2-3-11(17)9-12/h2-4,9,13-15H,5-8,10H2,1H3,(H2,18,19,20). The molecular weight excluding hydrogens is 285 g/mol. The second kappa shape index (κ2) is 6.96. The predicted octanol–water partition coefficient (Wildman–Crippen LogP) is 1.69. The molecule has 0 aliphatic carbocycles. The highest BCUT2D eigenvalue weighted by Gasteiger charge is 2.41. The van der Waals surface area contributed by atoms with E-state index in [0.29, 0.717) is 37.2 Å². The van der Waals surface area contributed by atoms with Crippen LogP contribution >= 0.6 is 0 Å². The van der Waals surface area contributed by atoms with Crippen molar-refractivity contribution in [2.45, 2.75) is 37.5 Å². The molecule has 2 N–H and O–H groups in total. The van der Waals surface area contributed by atoms with Crippen molar-refractivity contribution in [2.75, 3.05) is 20.2 Å². The summed E-state index contributed by atoms with van der Waals surface area (Å²) in [7, 11) is 1.75. The minimum atomic E-state index is -0.292. The molecule has 0 spiro atoms. The minimum absolute atomic E-state index is 0.292. The van der Waals surface area contributed by atoms with E-state index >= 15 is 0 Å². The maximum absolute atomic E-state index is 13.0. The topological polar surface area (TPSA) is 54.9 Å². The summed E-state index contributed by atoms with van der Waals surface area (Å²) in [5.41, 5.74) is 0. The number of benzene rings is 1. The third-order valence-corrected chi connectivity index (χ3v) is 4.11. The summed E-state index contributed by atoms with van der Waals surface area (Å²) < 4.78 is 24.3. The molecule has 2 aliphatic rings. The summed E-state index contributed by atoms with van der Waals surface area (Å²) in [6, 6.07) is 6.48. The van der Waals surface area contributed by atoms with Crippen molar-refractivity contribution >= 4 is 5.96 Å². The second-order valence-electron chi connectivity index (χ2n) is 5.67. The first-order valence-electron chi connectivity index (χ1n) is 7.75. The number of hydrogen-bond acceptors (Lipinski definition) is 3. The summed E-state index contributed by atoms with van der Waals surface area (Å²) in [4.78, 5) is 4.22. The van der Waals surface area contributed by atoms with Gasteiger partial charge in [0.05, 0.1) is 24.8 Å². The molecule has 6 heteroatoms. The fourth-order valence-corrected chi connectivity index (χ4v) is 3.06. The van der Waals surface area contributed by atoms with Crippen LogP contribution in [0.15, 0.2) is 29.3 Å². The van der Waals surface area contributed by atoms with E-state index in [9.17, 15) is 4.39 Å². The Balaban J connectivity index is 1.38. The highest BCUT2D eigenvalue weighted by molar-refractivity contribution is 5.80. The molecule has 120 valence electrons. The van der Waals surface area contributed by atoms with Crippen LogP contribution in [0.3, 0.4) is 0 Å². The summed E-state index contributed by atoms with van der Waals surface area (Å²) in [6.07, 6.45) is 4.08. The average molecular weight is 307 g/mol. The minimum Gasteiger partial charge on any atom is -0.492 e. The van der Waals surface area contributed by atoms with Gasteiger partial charge in [0.1, 0.15) is 18.2 Å². The van der Waals surface area contributed by atoms with Gasteiger partial charge in [0, 0.05) is 13.1 Å². The van der Waals surface area contributed by atoms with Gasteiger partial charge in [0.2, 0.25) is 0 Å². The smallest absolute Gasteiger partial charge is 0.191 e. The monoisotopic (exact) mass is 307 g/mol. The van der Waals surface area contributed by atoms with E-state index in [0.717, 1.165) is 18.8 Å². The van der Waals surface area contributed by atoms with Gasteiger partial charge in [-0.1, -0.05) is 6.07 Å². The number of ether oxygens (including phenoxy) is 2. The number of aliphatic imine (C=N–C) groups is 1. The molecule has 0 amide bonds. The first-order chi connectivity index (χ1) is 10.7. The molecule has 2 saturated heterocycles. The third-order valence-electron chi connectivity index (χ3n) is 4.11. The van der Waals surface area contributed by atoms with E-state index in [1.54, 1.807) is 19.2 Å². The Morgan fingerprint density at radius 3 is 3.05 bits per heavy atom. The fraction of sp³-hybridized carbons (Fsp3) is 0.562. The number of fused-ring (bicyclic) bond motifs is 2. The SMILES string of the molecule is CN=C(NCCOc1cccc(F)c1)NC1CC2CCC1O2. The molecule has 1 aromatic rings. The van der Waals surface area contributed by atoms with Gasteiger partial charge >= 0.3 is 0 Å². The number of nitrogens with zero attached hydrogens (tertiary/aromatic N) is 1. The molecular formula is C16H22FN3O2. The maximum Gasteiger partial charge on any atom is 0.191 e. The van der Waals surface area contributed by atoms with Gasteiger partial charge in [-0.3, -0.25) is 4.99 Å². The normalized spacial score (nSPS) is 27.0. The van der Waals surface area contributed by atoms with E-state index in [4.69, 9.17) is 9.47 Å². The first-order valence-corrected chi connectivity index (χ1v) is 7.75. The Bertz CT molecular complexity index is 538. The molecule has 1 aromatic carbocycles. The van der Waals surface area contributed by atoms with Crippen molar-refractivity contribution in [1.29, 1.82) is 0 Å². The molecule has 2 aliphatic heterocycles. The van der Waals surface area contributed by atoms with Crippen LogP contribution in [0, 0.1) is 5.82 Å². The largest absolute Gasteiger partial charge is 0.492 e. The van der Waals surface area contributed by atoms with E-state index in [1.165, 1.54) is 18.6 Å². The van der Waals surface area contributed by atoms with Crippen molar-refractivity contribution in [2.24, 2.45) is 4.99 Å². The molecule has 3 rings (SSSR count). The van der Waals surface area contributed by atoms with Crippen LogP contribution in [0.2, 0.25) is 0 Å². The summed E-state index contributed by atoms with van der Waals surface area (Å²) in [5.74, 6) is 0.995. The van der Waals surface area contributed by atoms with Crippen molar-refractivity contribution < 1.29 is 13.9 Å². The second-order valence-corrected chi connectivity index (χ2v) is 5.67. The molecule has 2 heterocycles. The quantitative estimate of drug-likeness (QED) is 0.494. The molecule has 0 saturated carbocycles. The molecule has 3 atom stereocenters. The number of hydrogen-bond donors (Lipinski definition) is 2. The lowest BCUT2D eigenvalue weighted by atomic mass is 9.96. The first kappa shape index (κ1) is 15.1. The zero-order chi connectivity index (χ0) is 15.4. The van der Waals surface area contributed by atoms with Crippen LogP contribution in [0.1, 0.15) is 19.3 Å².